The van der Waals surface area contributed by atoms with Gasteiger partial charge in [-0.2, -0.15) is 0 Å². The summed E-state index contributed by atoms with van der Waals surface area (Å²) < 4.78 is 2.45. The Bertz CT molecular complexity index is 602. The molecular formula is C13H13BrCl2N4. The maximum atomic E-state index is 6.21. The Morgan fingerprint density at radius 2 is 2.00 bits per heavy atom. The predicted molar refractivity (Wildman–Crippen MR) is 83.5 cm³/mol. The van der Waals surface area contributed by atoms with Gasteiger partial charge >= 0.3 is 0 Å². The standard InChI is InChI=1S/C13H13BrCl2N4/c14-9-3-11(15)13(12(16)4-9)20-7-10(18-19-20)6-17-5-8-1-2-8/h3-4,7-8,17H,1-2,5-6H2. The van der Waals surface area contributed by atoms with E-state index in [1.165, 1.54) is 12.8 Å². The third-order valence-electron chi connectivity index (χ3n) is 3.19. The monoisotopic (exact) mass is 374 g/mol. The Balaban J connectivity index is 1.75. The minimum Gasteiger partial charge on any atom is -0.311 e. The molecule has 1 aliphatic carbocycles. The molecule has 0 aliphatic heterocycles. The molecule has 2 aromatic rings. The molecule has 4 nitrogen and oxygen atoms in total. The van der Waals surface area contributed by atoms with Crippen LogP contribution in [0.25, 0.3) is 5.69 Å². The van der Waals surface area contributed by atoms with Crippen LogP contribution in [0.5, 0.6) is 0 Å². The lowest BCUT2D eigenvalue weighted by atomic mass is 10.3. The van der Waals surface area contributed by atoms with Gasteiger partial charge in [-0.05, 0) is 37.4 Å². The first-order valence-corrected chi connectivity index (χ1v) is 7.95. The Hall–Kier alpha value is -0.620. The summed E-state index contributed by atoms with van der Waals surface area (Å²) in [6.45, 7) is 1.76. The molecule has 0 spiro atoms. The van der Waals surface area contributed by atoms with Crippen LogP contribution in [0.2, 0.25) is 10.0 Å². The second-order valence-corrected chi connectivity index (χ2v) is 6.68. The van der Waals surface area contributed by atoms with E-state index in [1.807, 2.05) is 6.20 Å². The van der Waals surface area contributed by atoms with Crippen LogP contribution in [-0.4, -0.2) is 21.5 Å². The van der Waals surface area contributed by atoms with Crippen molar-refractivity contribution >= 4 is 39.1 Å². The number of benzene rings is 1. The molecule has 1 heterocycles. The highest BCUT2D eigenvalue weighted by atomic mass is 79.9. The predicted octanol–water partition coefficient (Wildman–Crippen LogP) is 3.84. The van der Waals surface area contributed by atoms with E-state index in [1.54, 1.807) is 16.8 Å². The molecule has 0 bridgehead atoms. The summed E-state index contributed by atoms with van der Waals surface area (Å²) in [7, 11) is 0. The van der Waals surface area contributed by atoms with Gasteiger partial charge in [-0.3, -0.25) is 0 Å². The fourth-order valence-corrected chi connectivity index (χ4v) is 3.35. The van der Waals surface area contributed by atoms with Crippen LogP contribution in [-0.2, 0) is 6.54 Å². The molecule has 1 saturated carbocycles. The number of halogens is 3. The number of rotatable bonds is 5. The van der Waals surface area contributed by atoms with E-state index in [0.717, 1.165) is 22.6 Å². The zero-order valence-electron chi connectivity index (χ0n) is 10.6. The van der Waals surface area contributed by atoms with Gasteiger partial charge in [0.05, 0.1) is 21.9 Å². The van der Waals surface area contributed by atoms with Crippen molar-refractivity contribution in [2.75, 3.05) is 6.54 Å². The highest BCUT2D eigenvalue weighted by Crippen LogP contribution is 2.32. The lowest BCUT2D eigenvalue weighted by molar-refractivity contribution is 0.628. The van der Waals surface area contributed by atoms with Crippen LogP contribution in [0.15, 0.2) is 22.8 Å². The molecule has 1 N–H and O–H groups in total. The van der Waals surface area contributed by atoms with Gasteiger partial charge in [0.1, 0.15) is 5.69 Å². The summed E-state index contributed by atoms with van der Waals surface area (Å²) in [6.07, 6.45) is 4.52. The summed E-state index contributed by atoms with van der Waals surface area (Å²) in [5, 5.41) is 12.7. The van der Waals surface area contributed by atoms with Crippen molar-refractivity contribution in [2.45, 2.75) is 19.4 Å². The van der Waals surface area contributed by atoms with Crippen molar-refractivity contribution in [3.8, 4) is 5.69 Å². The van der Waals surface area contributed by atoms with Gasteiger partial charge < -0.3 is 5.32 Å². The van der Waals surface area contributed by atoms with Gasteiger partial charge in [-0.25, -0.2) is 4.68 Å². The average Bonchev–Trinajstić information content (AvgIpc) is 3.07. The van der Waals surface area contributed by atoms with Crippen molar-refractivity contribution in [1.29, 1.82) is 0 Å². The number of aromatic nitrogens is 3. The first kappa shape index (κ1) is 14.3. The number of nitrogens with one attached hydrogen (secondary N) is 1. The van der Waals surface area contributed by atoms with Gasteiger partial charge in [-0.15, -0.1) is 5.10 Å². The van der Waals surface area contributed by atoms with E-state index >= 15 is 0 Å². The molecule has 1 fully saturated rings. The van der Waals surface area contributed by atoms with Crippen molar-refractivity contribution in [2.24, 2.45) is 5.92 Å². The second kappa shape index (κ2) is 6.02. The minimum atomic E-state index is 0.534. The van der Waals surface area contributed by atoms with Crippen molar-refractivity contribution in [3.05, 3.63) is 38.5 Å². The number of hydrogen-bond donors (Lipinski definition) is 1. The summed E-state index contributed by atoms with van der Waals surface area (Å²) in [5.41, 5.74) is 1.53. The maximum absolute atomic E-state index is 6.21. The topological polar surface area (TPSA) is 42.7 Å². The molecule has 106 valence electrons. The minimum absolute atomic E-state index is 0.534. The molecule has 0 unspecified atom stereocenters. The molecule has 1 aromatic heterocycles. The largest absolute Gasteiger partial charge is 0.311 e. The Morgan fingerprint density at radius 1 is 1.30 bits per heavy atom. The normalized spacial score (nSPS) is 14.8. The van der Waals surface area contributed by atoms with Crippen LogP contribution in [0.4, 0.5) is 0 Å². The second-order valence-electron chi connectivity index (χ2n) is 4.95. The van der Waals surface area contributed by atoms with Crippen molar-refractivity contribution in [3.63, 3.8) is 0 Å². The number of nitrogens with zero attached hydrogens (tertiary/aromatic N) is 3. The molecule has 0 amide bonds. The van der Waals surface area contributed by atoms with Crippen LogP contribution >= 0.6 is 39.1 Å². The highest BCUT2D eigenvalue weighted by molar-refractivity contribution is 9.10. The Morgan fingerprint density at radius 3 is 2.65 bits per heavy atom. The van der Waals surface area contributed by atoms with E-state index in [9.17, 15) is 0 Å². The Labute approximate surface area is 135 Å². The summed E-state index contributed by atoms with van der Waals surface area (Å²) in [6, 6.07) is 3.57. The molecule has 0 saturated heterocycles. The molecule has 0 atom stereocenters. The van der Waals surface area contributed by atoms with Crippen molar-refractivity contribution < 1.29 is 0 Å². The van der Waals surface area contributed by atoms with E-state index in [4.69, 9.17) is 23.2 Å². The van der Waals surface area contributed by atoms with Gasteiger partial charge in [-0.1, -0.05) is 44.3 Å². The molecule has 0 radical (unpaired) electrons. The lowest BCUT2D eigenvalue weighted by Crippen LogP contribution is -2.16. The van der Waals surface area contributed by atoms with Gasteiger partial charge in [0, 0.05) is 11.0 Å². The highest BCUT2D eigenvalue weighted by Gasteiger charge is 2.20. The first-order valence-electron chi connectivity index (χ1n) is 6.40. The van der Waals surface area contributed by atoms with Crippen LogP contribution in [0.3, 0.4) is 0 Å². The Kier molecular flexibility index (Phi) is 4.31. The fraction of sp³-hybridized carbons (Fsp3) is 0.385. The van der Waals surface area contributed by atoms with E-state index < -0.39 is 0 Å². The van der Waals surface area contributed by atoms with Crippen LogP contribution in [0.1, 0.15) is 18.5 Å². The van der Waals surface area contributed by atoms with Crippen LogP contribution in [0, 0.1) is 5.92 Å². The van der Waals surface area contributed by atoms with Gasteiger partial charge in [0.25, 0.3) is 0 Å². The average molecular weight is 376 g/mol. The zero-order chi connectivity index (χ0) is 14.1. The van der Waals surface area contributed by atoms with Crippen molar-refractivity contribution in [1.82, 2.24) is 20.3 Å². The molecular weight excluding hydrogens is 363 g/mol. The smallest absolute Gasteiger partial charge is 0.104 e. The lowest BCUT2D eigenvalue weighted by Gasteiger charge is -2.06. The first-order chi connectivity index (χ1) is 9.63. The molecule has 1 aromatic carbocycles. The number of hydrogen-bond acceptors (Lipinski definition) is 3. The van der Waals surface area contributed by atoms with Gasteiger partial charge in [0.2, 0.25) is 0 Å². The molecule has 1 aliphatic rings. The third kappa shape index (κ3) is 3.34. The van der Waals surface area contributed by atoms with E-state index in [-0.39, 0.29) is 0 Å². The maximum Gasteiger partial charge on any atom is 0.104 e. The quantitative estimate of drug-likeness (QED) is 0.863. The zero-order valence-corrected chi connectivity index (χ0v) is 13.7. The SMILES string of the molecule is Clc1cc(Br)cc(Cl)c1-n1cc(CNCC2CC2)nn1. The molecule has 3 rings (SSSR count). The summed E-state index contributed by atoms with van der Waals surface area (Å²) >= 11 is 15.8. The molecule has 7 heteroatoms. The van der Waals surface area contributed by atoms with E-state index in [0.29, 0.717) is 22.3 Å². The summed E-state index contributed by atoms with van der Waals surface area (Å²) in [4.78, 5) is 0. The molecule has 20 heavy (non-hydrogen) atoms. The van der Waals surface area contributed by atoms with Crippen LogP contribution < -0.4 is 5.32 Å². The fourth-order valence-electron chi connectivity index (χ4n) is 1.97. The summed E-state index contributed by atoms with van der Waals surface area (Å²) in [5.74, 6) is 0.848. The van der Waals surface area contributed by atoms with E-state index in [2.05, 4.69) is 31.6 Å². The van der Waals surface area contributed by atoms with Gasteiger partial charge in [0.15, 0.2) is 0 Å². The third-order valence-corrected chi connectivity index (χ3v) is 4.22.